The molecule has 2 rings (SSSR count). The summed E-state index contributed by atoms with van der Waals surface area (Å²) in [6, 6.07) is 23.8. The number of nitriles is 2. The number of benzene rings is 2. The summed E-state index contributed by atoms with van der Waals surface area (Å²) in [6.07, 6.45) is 2.16. The van der Waals surface area contributed by atoms with Crippen LogP contribution < -0.4 is 0 Å². The van der Waals surface area contributed by atoms with Crippen molar-refractivity contribution in [1.29, 1.82) is 10.5 Å². The fourth-order valence-electron chi connectivity index (χ4n) is 2.12. The van der Waals surface area contributed by atoms with Gasteiger partial charge in [-0.2, -0.15) is 10.5 Å². The van der Waals surface area contributed by atoms with E-state index in [4.69, 9.17) is 5.26 Å². The van der Waals surface area contributed by atoms with Crippen LogP contribution in [0, 0.1) is 22.7 Å². The van der Waals surface area contributed by atoms with Gasteiger partial charge < -0.3 is 0 Å². The van der Waals surface area contributed by atoms with Crippen LogP contribution in [0.25, 0.3) is 6.08 Å². The molecule has 1 unspecified atom stereocenters. The topological polar surface area (TPSA) is 47.6 Å². The molecule has 0 aliphatic rings. The first-order valence-corrected chi connectivity index (χ1v) is 6.44. The number of hydrogen-bond acceptors (Lipinski definition) is 2. The summed E-state index contributed by atoms with van der Waals surface area (Å²) in [7, 11) is 0. The number of rotatable bonds is 4. The first-order chi connectivity index (χ1) is 9.85. The Morgan fingerprint density at radius 1 is 0.950 bits per heavy atom. The summed E-state index contributed by atoms with van der Waals surface area (Å²) in [5.41, 5.74) is 2.59. The minimum atomic E-state index is -0.175. The van der Waals surface area contributed by atoms with Gasteiger partial charge in [0.05, 0.1) is 12.1 Å². The Morgan fingerprint density at radius 2 is 1.55 bits per heavy atom. The molecule has 2 aromatic carbocycles. The van der Waals surface area contributed by atoms with E-state index in [0.29, 0.717) is 12.0 Å². The fraction of sp³-hybridized carbons (Fsp3) is 0.111. The molecule has 96 valence electrons. The average molecular weight is 258 g/mol. The Bertz CT molecular complexity index is 658. The maximum atomic E-state index is 9.42. The molecule has 0 saturated heterocycles. The highest BCUT2D eigenvalue weighted by Crippen LogP contribution is 2.28. The van der Waals surface area contributed by atoms with E-state index in [1.165, 1.54) is 0 Å². The van der Waals surface area contributed by atoms with Crippen LogP contribution in [0.4, 0.5) is 0 Å². The van der Waals surface area contributed by atoms with Gasteiger partial charge in [0.25, 0.3) is 0 Å². The molecule has 2 nitrogen and oxygen atoms in total. The summed E-state index contributed by atoms with van der Waals surface area (Å²) < 4.78 is 0. The Hall–Kier alpha value is -2.84. The predicted molar refractivity (Wildman–Crippen MR) is 79.4 cm³/mol. The minimum Gasteiger partial charge on any atom is -0.198 e. The molecule has 0 N–H and O–H groups in total. The second kappa shape index (κ2) is 6.92. The van der Waals surface area contributed by atoms with E-state index in [2.05, 4.69) is 12.1 Å². The second-order valence-corrected chi connectivity index (χ2v) is 4.45. The van der Waals surface area contributed by atoms with Crippen molar-refractivity contribution in [3.05, 3.63) is 77.4 Å². The van der Waals surface area contributed by atoms with Crippen LogP contribution in [0.1, 0.15) is 23.5 Å². The predicted octanol–water partition coefficient (Wildman–Crippen LogP) is 4.29. The molecule has 0 amide bonds. The van der Waals surface area contributed by atoms with E-state index in [9.17, 15) is 5.26 Å². The molecule has 1 atom stereocenters. The standard InChI is InChI=1S/C18H14N2/c19-12-11-18(16-9-5-2-6-10-16)17(14-20)13-15-7-3-1-4-8-15/h1-10,13,18H,11H2/b17-13-. The van der Waals surface area contributed by atoms with Crippen LogP contribution in [0.15, 0.2) is 66.2 Å². The highest BCUT2D eigenvalue weighted by atomic mass is 14.3. The van der Waals surface area contributed by atoms with Crippen molar-refractivity contribution in [2.75, 3.05) is 0 Å². The van der Waals surface area contributed by atoms with Crippen LogP contribution in [0.2, 0.25) is 0 Å². The highest BCUT2D eigenvalue weighted by Gasteiger charge is 2.16. The zero-order valence-electron chi connectivity index (χ0n) is 11.0. The highest BCUT2D eigenvalue weighted by molar-refractivity contribution is 5.60. The molecule has 0 aliphatic heterocycles. The van der Waals surface area contributed by atoms with Gasteiger partial charge in [0.15, 0.2) is 0 Å². The average Bonchev–Trinajstić information content (AvgIpc) is 2.52. The molecule has 20 heavy (non-hydrogen) atoms. The van der Waals surface area contributed by atoms with Crippen LogP contribution in [0.5, 0.6) is 0 Å². The van der Waals surface area contributed by atoms with Gasteiger partial charge in [-0.15, -0.1) is 0 Å². The molecular formula is C18H14N2. The smallest absolute Gasteiger partial charge is 0.0954 e. The Kier molecular flexibility index (Phi) is 4.70. The van der Waals surface area contributed by atoms with Crippen molar-refractivity contribution < 1.29 is 0 Å². The first kappa shape index (κ1) is 13.6. The zero-order valence-corrected chi connectivity index (χ0v) is 11.0. The SMILES string of the molecule is N#CCC(/C(C#N)=C\c1ccccc1)c1ccccc1. The second-order valence-electron chi connectivity index (χ2n) is 4.45. The van der Waals surface area contributed by atoms with Gasteiger partial charge in [-0.3, -0.25) is 0 Å². The van der Waals surface area contributed by atoms with Crippen molar-refractivity contribution in [3.8, 4) is 12.1 Å². The first-order valence-electron chi connectivity index (χ1n) is 6.44. The van der Waals surface area contributed by atoms with Gasteiger partial charge in [-0.05, 0) is 17.2 Å². The number of nitrogens with zero attached hydrogens (tertiary/aromatic N) is 2. The Morgan fingerprint density at radius 3 is 2.10 bits per heavy atom. The van der Waals surface area contributed by atoms with E-state index in [0.717, 1.165) is 11.1 Å². The number of hydrogen-bond donors (Lipinski definition) is 0. The molecule has 0 aliphatic carbocycles. The quantitative estimate of drug-likeness (QED) is 0.768. The van der Waals surface area contributed by atoms with Gasteiger partial charge in [-0.25, -0.2) is 0 Å². The largest absolute Gasteiger partial charge is 0.198 e. The molecular weight excluding hydrogens is 244 g/mol. The molecule has 0 bridgehead atoms. The summed E-state index contributed by atoms with van der Waals surface area (Å²) in [5.74, 6) is -0.175. The summed E-state index contributed by atoms with van der Waals surface area (Å²) >= 11 is 0. The Labute approximate surface area is 119 Å². The minimum absolute atomic E-state index is 0.175. The van der Waals surface area contributed by atoms with Crippen LogP contribution in [0.3, 0.4) is 0 Å². The maximum Gasteiger partial charge on any atom is 0.0954 e. The molecule has 0 heterocycles. The van der Waals surface area contributed by atoms with E-state index in [1.54, 1.807) is 0 Å². The van der Waals surface area contributed by atoms with E-state index in [1.807, 2.05) is 66.7 Å². The Balaban J connectivity index is 2.40. The van der Waals surface area contributed by atoms with Crippen molar-refractivity contribution in [3.63, 3.8) is 0 Å². The molecule has 0 aromatic heterocycles. The summed E-state index contributed by atoms with van der Waals surface area (Å²) in [4.78, 5) is 0. The molecule has 0 spiro atoms. The third-order valence-electron chi connectivity index (χ3n) is 3.12. The van der Waals surface area contributed by atoms with E-state index in [-0.39, 0.29) is 5.92 Å². The molecule has 2 aromatic rings. The van der Waals surface area contributed by atoms with Gasteiger partial charge in [0, 0.05) is 17.9 Å². The van der Waals surface area contributed by atoms with Crippen molar-refractivity contribution >= 4 is 6.08 Å². The molecule has 0 radical (unpaired) electrons. The fourth-order valence-corrected chi connectivity index (χ4v) is 2.12. The lowest BCUT2D eigenvalue weighted by atomic mass is 9.88. The van der Waals surface area contributed by atoms with Crippen molar-refractivity contribution in [2.45, 2.75) is 12.3 Å². The molecule has 2 heteroatoms. The van der Waals surface area contributed by atoms with E-state index < -0.39 is 0 Å². The van der Waals surface area contributed by atoms with E-state index >= 15 is 0 Å². The number of allylic oxidation sites excluding steroid dienone is 1. The van der Waals surface area contributed by atoms with Crippen LogP contribution in [-0.2, 0) is 0 Å². The lowest BCUT2D eigenvalue weighted by Gasteiger charge is -2.13. The van der Waals surface area contributed by atoms with Gasteiger partial charge >= 0.3 is 0 Å². The van der Waals surface area contributed by atoms with Crippen molar-refractivity contribution in [1.82, 2.24) is 0 Å². The van der Waals surface area contributed by atoms with Gasteiger partial charge in [0.2, 0.25) is 0 Å². The van der Waals surface area contributed by atoms with Crippen LogP contribution >= 0.6 is 0 Å². The third kappa shape index (κ3) is 3.34. The third-order valence-corrected chi connectivity index (χ3v) is 3.12. The zero-order chi connectivity index (χ0) is 14.2. The van der Waals surface area contributed by atoms with Crippen molar-refractivity contribution in [2.24, 2.45) is 0 Å². The van der Waals surface area contributed by atoms with Gasteiger partial charge in [0.1, 0.15) is 0 Å². The van der Waals surface area contributed by atoms with Gasteiger partial charge in [-0.1, -0.05) is 60.7 Å². The van der Waals surface area contributed by atoms with Crippen LogP contribution in [-0.4, -0.2) is 0 Å². The summed E-state index contributed by atoms with van der Waals surface area (Å²) in [6.45, 7) is 0. The normalized spacial score (nSPS) is 12.2. The molecule has 0 fully saturated rings. The lowest BCUT2D eigenvalue weighted by molar-refractivity contribution is 0.845. The summed E-state index contributed by atoms with van der Waals surface area (Å²) in [5, 5.41) is 18.4. The maximum absolute atomic E-state index is 9.42. The molecule has 0 saturated carbocycles. The monoisotopic (exact) mass is 258 g/mol. The lowest BCUT2D eigenvalue weighted by Crippen LogP contribution is -2.00.